The average Bonchev–Trinajstić information content (AvgIpc) is 2.20. The number of hydrogen-bond acceptors (Lipinski definition) is 3. The van der Waals surface area contributed by atoms with Crippen molar-refractivity contribution in [2.75, 3.05) is 6.61 Å². The van der Waals surface area contributed by atoms with E-state index in [9.17, 15) is 4.79 Å². The summed E-state index contributed by atoms with van der Waals surface area (Å²) in [6.45, 7) is 2.18. The van der Waals surface area contributed by atoms with Crippen LogP contribution in [-0.2, 0) is 0 Å². The van der Waals surface area contributed by atoms with E-state index in [0.717, 1.165) is 4.73 Å². The van der Waals surface area contributed by atoms with E-state index in [0.29, 0.717) is 6.61 Å². The van der Waals surface area contributed by atoms with E-state index < -0.39 is 0 Å². The molecule has 0 spiro atoms. The molecule has 0 aliphatic rings. The highest BCUT2D eigenvalue weighted by Gasteiger charge is 1.96. The van der Waals surface area contributed by atoms with Gasteiger partial charge >= 0.3 is 5.69 Å². The molecule has 0 saturated carbocycles. The summed E-state index contributed by atoms with van der Waals surface area (Å²) in [6.07, 6.45) is 0. The van der Waals surface area contributed by atoms with E-state index in [1.165, 1.54) is 0 Å². The van der Waals surface area contributed by atoms with Gasteiger partial charge in [-0.25, -0.2) is 9.89 Å². The van der Waals surface area contributed by atoms with Gasteiger partial charge in [0.05, 0.1) is 0 Å². The van der Waals surface area contributed by atoms with Gasteiger partial charge in [0.25, 0.3) is 0 Å². The van der Waals surface area contributed by atoms with Gasteiger partial charge in [0.15, 0.2) is 0 Å². The Morgan fingerprint density at radius 1 is 1.70 bits per heavy atom. The lowest BCUT2D eigenvalue weighted by atomic mass is 10.9. The molecule has 10 heavy (non-hydrogen) atoms. The smallest absolute Gasteiger partial charge is 0.375 e. The SMILES string of the molecule is CCOn1c(=O)[nH][nH]c1=S. The van der Waals surface area contributed by atoms with Gasteiger partial charge in [-0.1, -0.05) is 4.73 Å². The Hall–Kier alpha value is -1.04. The molecule has 0 bridgehead atoms. The van der Waals surface area contributed by atoms with Crippen molar-refractivity contribution in [2.45, 2.75) is 6.92 Å². The number of nitrogens with one attached hydrogen (secondary N) is 2. The minimum absolute atomic E-state index is 0.242. The number of H-pyrrole nitrogens is 2. The second-order valence-corrected chi connectivity index (χ2v) is 1.96. The van der Waals surface area contributed by atoms with Crippen molar-refractivity contribution in [1.82, 2.24) is 14.9 Å². The summed E-state index contributed by atoms with van der Waals surface area (Å²) in [5, 5.41) is 4.71. The second kappa shape index (κ2) is 2.70. The highest BCUT2D eigenvalue weighted by atomic mass is 32.1. The summed E-state index contributed by atoms with van der Waals surface area (Å²) < 4.78 is 1.24. The Bertz CT molecular complexity index is 281. The number of aromatic amines is 2. The first-order valence-corrected chi connectivity index (χ1v) is 3.19. The zero-order valence-electron chi connectivity index (χ0n) is 5.38. The van der Waals surface area contributed by atoms with Crippen LogP contribution >= 0.6 is 12.2 Å². The van der Waals surface area contributed by atoms with Gasteiger partial charge in [-0.3, -0.25) is 5.10 Å². The van der Waals surface area contributed by atoms with Gasteiger partial charge in [-0.05, 0) is 19.1 Å². The number of rotatable bonds is 2. The third-order valence-corrected chi connectivity index (χ3v) is 1.17. The molecule has 0 atom stereocenters. The highest BCUT2D eigenvalue weighted by molar-refractivity contribution is 7.71. The summed E-state index contributed by atoms with van der Waals surface area (Å²) in [5.74, 6) is 0. The van der Waals surface area contributed by atoms with Crippen molar-refractivity contribution in [1.29, 1.82) is 0 Å². The van der Waals surface area contributed by atoms with E-state index in [-0.39, 0.29) is 10.5 Å². The summed E-state index contributed by atoms with van der Waals surface area (Å²) in [5.41, 5.74) is -0.383. The Morgan fingerprint density at radius 2 is 2.40 bits per heavy atom. The van der Waals surface area contributed by atoms with Gasteiger partial charge in [0.1, 0.15) is 6.61 Å². The van der Waals surface area contributed by atoms with Crippen molar-refractivity contribution in [3.8, 4) is 0 Å². The summed E-state index contributed by atoms with van der Waals surface area (Å²) in [7, 11) is 0. The first-order chi connectivity index (χ1) is 4.75. The zero-order chi connectivity index (χ0) is 7.56. The second-order valence-electron chi connectivity index (χ2n) is 1.57. The molecule has 2 N–H and O–H groups in total. The molecule has 1 heterocycles. The van der Waals surface area contributed by atoms with Crippen LogP contribution in [0, 0.1) is 4.77 Å². The van der Waals surface area contributed by atoms with Crippen molar-refractivity contribution in [2.24, 2.45) is 0 Å². The van der Waals surface area contributed by atoms with Crippen LogP contribution in [0.5, 0.6) is 0 Å². The van der Waals surface area contributed by atoms with Crippen LogP contribution < -0.4 is 10.5 Å². The van der Waals surface area contributed by atoms with Crippen LogP contribution in [0.4, 0.5) is 0 Å². The van der Waals surface area contributed by atoms with Gasteiger partial charge in [-0.2, -0.15) is 0 Å². The molecule has 0 saturated heterocycles. The molecule has 56 valence electrons. The fourth-order valence-electron chi connectivity index (χ4n) is 0.547. The fourth-order valence-corrected chi connectivity index (χ4v) is 0.734. The number of aromatic nitrogens is 3. The van der Waals surface area contributed by atoms with Gasteiger partial charge < -0.3 is 4.84 Å². The maximum Gasteiger partial charge on any atom is 0.375 e. The van der Waals surface area contributed by atoms with Crippen LogP contribution in [0.25, 0.3) is 0 Å². The van der Waals surface area contributed by atoms with Crippen LogP contribution in [-0.4, -0.2) is 21.5 Å². The van der Waals surface area contributed by atoms with Crippen molar-refractivity contribution in [3.05, 3.63) is 15.3 Å². The molecule has 0 unspecified atom stereocenters. The van der Waals surface area contributed by atoms with Gasteiger partial charge in [0, 0.05) is 0 Å². The minimum atomic E-state index is -0.383. The molecule has 5 nitrogen and oxygen atoms in total. The molecule has 0 aromatic carbocycles. The molecule has 0 radical (unpaired) electrons. The first-order valence-electron chi connectivity index (χ1n) is 2.78. The summed E-state index contributed by atoms with van der Waals surface area (Å²) in [6, 6.07) is 0. The van der Waals surface area contributed by atoms with Crippen LogP contribution in [0.15, 0.2) is 4.79 Å². The lowest BCUT2D eigenvalue weighted by Crippen LogP contribution is -2.24. The quantitative estimate of drug-likeness (QED) is 0.584. The predicted molar refractivity (Wildman–Crippen MR) is 37.4 cm³/mol. The van der Waals surface area contributed by atoms with E-state index >= 15 is 0 Å². The van der Waals surface area contributed by atoms with Gasteiger partial charge in [-0.15, -0.1) is 0 Å². The van der Waals surface area contributed by atoms with E-state index in [1.807, 2.05) is 0 Å². The minimum Gasteiger partial charge on any atom is -0.407 e. The lowest BCUT2D eigenvalue weighted by molar-refractivity contribution is 0.110. The summed E-state index contributed by atoms with van der Waals surface area (Å²) >= 11 is 4.69. The lowest BCUT2D eigenvalue weighted by Gasteiger charge is -1.96. The standard InChI is InChI=1S/C4H7N3O2S/c1-2-9-7-3(8)5-6-4(7)10/h2H2,1H3,(H,5,8)(H,6,10). The number of hydrogen-bond donors (Lipinski definition) is 2. The van der Waals surface area contributed by atoms with Gasteiger partial charge in [0.2, 0.25) is 4.77 Å². The van der Waals surface area contributed by atoms with Crippen LogP contribution in [0.3, 0.4) is 0 Å². The molecule has 0 aliphatic carbocycles. The normalized spacial score (nSPS) is 9.70. The van der Waals surface area contributed by atoms with E-state index in [1.54, 1.807) is 6.92 Å². The topological polar surface area (TPSA) is 62.8 Å². The molecule has 6 heteroatoms. The molecule has 1 rings (SSSR count). The molecular weight excluding hydrogens is 154 g/mol. The summed E-state index contributed by atoms with van der Waals surface area (Å²) in [4.78, 5) is 15.6. The first kappa shape index (κ1) is 7.07. The van der Waals surface area contributed by atoms with E-state index in [4.69, 9.17) is 4.84 Å². The molecule has 1 aromatic heterocycles. The maximum absolute atomic E-state index is 10.7. The zero-order valence-corrected chi connectivity index (χ0v) is 6.20. The third kappa shape index (κ3) is 1.10. The van der Waals surface area contributed by atoms with Crippen molar-refractivity contribution >= 4 is 12.2 Å². The Balaban J connectivity index is 3.11. The third-order valence-electron chi connectivity index (χ3n) is 0.903. The van der Waals surface area contributed by atoms with Crippen LogP contribution in [0.1, 0.15) is 6.92 Å². The Labute approximate surface area is 61.6 Å². The Morgan fingerprint density at radius 3 is 2.80 bits per heavy atom. The Kier molecular flexibility index (Phi) is 1.91. The monoisotopic (exact) mass is 161 g/mol. The molecular formula is C4H7N3O2S. The van der Waals surface area contributed by atoms with Crippen LogP contribution in [0.2, 0.25) is 0 Å². The van der Waals surface area contributed by atoms with E-state index in [2.05, 4.69) is 22.4 Å². The predicted octanol–water partition coefficient (Wildman–Crippen LogP) is -0.318. The highest BCUT2D eigenvalue weighted by Crippen LogP contribution is 1.74. The van der Waals surface area contributed by atoms with Crippen molar-refractivity contribution < 1.29 is 4.84 Å². The maximum atomic E-state index is 10.7. The van der Waals surface area contributed by atoms with Crippen molar-refractivity contribution in [3.63, 3.8) is 0 Å². The molecule has 1 aromatic rings. The molecule has 0 amide bonds. The number of nitrogens with zero attached hydrogens (tertiary/aromatic N) is 1. The fraction of sp³-hybridized carbons (Fsp3) is 0.500. The average molecular weight is 161 g/mol. The largest absolute Gasteiger partial charge is 0.407 e. The molecule has 0 aliphatic heterocycles. The molecule has 0 fully saturated rings.